The van der Waals surface area contributed by atoms with Gasteiger partial charge in [0.15, 0.2) is 5.96 Å². The molecule has 0 aliphatic heterocycles. The van der Waals surface area contributed by atoms with Crippen molar-refractivity contribution >= 4 is 45.6 Å². The highest BCUT2D eigenvalue weighted by Gasteiger charge is 2.08. The molecule has 0 saturated carbocycles. The molecule has 0 radical (unpaired) electrons. The van der Waals surface area contributed by atoms with E-state index < -0.39 is 14.9 Å². The summed E-state index contributed by atoms with van der Waals surface area (Å²) in [6.07, 6.45) is 3.18. The number of sulfonamides is 1. The number of guanidine groups is 1. The predicted molar refractivity (Wildman–Crippen MR) is 127 cm³/mol. The van der Waals surface area contributed by atoms with Crippen molar-refractivity contribution in [2.75, 3.05) is 19.3 Å². The van der Waals surface area contributed by atoms with Crippen LogP contribution in [0.25, 0.3) is 0 Å². The first-order valence-corrected chi connectivity index (χ1v) is 11.2. The maximum absolute atomic E-state index is 11.2. The van der Waals surface area contributed by atoms with Gasteiger partial charge in [-0.1, -0.05) is 26.0 Å². The summed E-state index contributed by atoms with van der Waals surface area (Å²) in [5, 5.41) is 17.2. The summed E-state index contributed by atoms with van der Waals surface area (Å²) in [6.45, 7) is 7.40. The highest BCUT2D eigenvalue weighted by atomic mass is 127. The lowest BCUT2D eigenvalue weighted by Crippen LogP contribution is -2.45. The molecule has 1 unspecified atom stereocenters. The second kappa shape index (κ2) is 13.7. The van der Waals surface area contributed by atoms with Gasteiger partial charge in [-0.2, -0.15) is 0 Å². The van der Waals surface area contributed by atoms with Gasteiger partial charge >= 0.3 is 0 Å². The Balaban J connectivity index is 0.00000784. The molecule has 1 aromatic rings. The summed E-state index contributed by atoms with van der Waals surface area (Å²) in [4.78, 5) is 14.8. The number of aliphatic imine (C=N–C) groups is 1. The minimum absolute atomic E-state index is 0. The van der Waals surface area contributed by atoms with Crippen LogP contribution in [0, 0.1) is 16.0 Å². The second-order valence-electron chi connectivity index (χ2n) is 7.20. The van der Waals surface area contributed by atoms with Crippen molar-refractivity contribution in [3.8, 4) is 0 Å². The smallest absolute Gasteiger partial charge is 0.269 e. The second-order valence-corrected chi connectivity index (χ2v) is 9.03. The van der Waals surface area contributed by atoms with Crippen LogP contribution in [-0.4, -0.2) is 44.7 Å². The van der Waals surface area contributed by atoms with E-state index >= 15 is 0 Å². The summed E-state index contributed by atoms with van der Waals surface area (Å²) in [6, 6.07) is 6.45. The van der Waals surface area contributed by atoms with Crippen LogP contribution < -0.4 is 15.4 Å². The third kappa shape index (κ3) is 13.4. The summed E-state index contributed by atoms with van der Waals surface area (Å²) in [7, 11) is -3.23. The number of hydrogen-bond acceptors (Lipinski definition) is 5. The first kappa shape index (κ1) is 27.5. The molecule has 1 atom stereocenters. The van der Waals surface area contributed by atoms with Crippen molar-refractivity contribution in [1.82, 2.24) is 15.4 Å². The van der Waals surface area contributed by atoms with E-state index in [-0.39, 0.29) is 42.3 Å². The van der Waals surface area contributed by atoms with E-state index in [1.807, 2.05) is 0 Å². The molecule has 9 nitrogen and oxygen atoms in total. The standard InChI is InChI=1S/C18H31N5O4S.HI/c1-14(2)5-6-15(3)22-18(19-11-12-21-28(4,26)27)20-13-16-7-9-17(10-8-16)23(24)25;/h7-10,14-15,21H,5-6,11-13H2,1-4H3,(H2,19,20,22);1H. The number of non-ortho nitro benzene ring substituents is 1. The average Bonchev–Trinajstić information content (AvgIpc) is 2.60. The molecule has 11 heteroatoms. The maximum atomic E-state index is 11.2. The fraction of sp³-hybridized carbons (Fsp3) is 0.611. The van der Waals surface area contributed by atoms with Gasteiger partial charge in [0.05, 0.1) is 17.7 Å². The number of benzene rings is 1. The minimum Gasteiger partial charge on any atom is -0.355 e. The van der Waals surface area contributed by atoms with E-state index in [2.05, 4.69) is 41.1 Å². The molecule has 0 heterocycles. The third-order valence-electron chi connectivity index (χ3n) is 3.91. The van der Waals surface area contributed by atoms with Crippen LogP contribution in [0.15, 0.2) is 29.3 Å². The lowest BCUT2D eigenvalue weighted by atomic mass is 10.0. The van der Waals surface area contributed by atoms with Crippen molar-refractivity contribution < 1.29 is 13.3 Å². The summed E-state index contributed by atoms with van der Waals surface area (Å²) in [5.41, 5.74) is 0.883. The van der Waals surface area contributed by atoms with Crippen molar-refractivity contribution in [2.24, 2.45) is 10.9 Å². The zero-order valence-electron chi connectivity index (χ0n) is 17.3. The Labute approximate surface area is 190 Å². The lowest BCUT2D eigenvalue weighted by molar-refractivity contribution is -0.384. The fourth-order valence-electron chi connectivity index (χ4n) is 2.35. The van der Waals surface area contributed by atoms with Crippen LogP contribution in [0.5, 0.6) is 0 Å². The van der Waals surface area contributed by atoms with Gasteiger partial charge in [-0.25, -0.2) is 18.1 Å². The van der Waals surface area contributed by atoms with Gasteiger partial charge in [-0.3, -0.25) is 10.1 Å². The zero-order valence-corrected chi connectivity index (χ0v) is 20.5. The van der Waals surface area contributed by atoms with Crippen molar-refractivity contribution in [3.63, 3.8) is 0 Å². The highest BCUT2D eigenvalue weighted by molar-refractivity contribution is 14.0. The number of nitrogens with one attached hydrogen (secondary N) is 3. The molecule has 1 aromatic carbocycles. The fourth-order valence-corrected chi connectivity index (χ4v) is 2.83. The van der Waals surface area contributed by atoms with Crippen LogP contribution in [0.3, 0.4) is 0 Å². The first-order valence-electron chi connectivity index (χ1n) is 9.29. The highest BCUT2D eigenvalue weighted by Crippen LogP contribution is 2.12. The monoisotopic (exact) mass is 541 g/mol. The summed E-state index contributed by atoms with van der Waals surface area (Å²) >= 11 is 0. The van der Waals surface area contributed by atoms with E-state index in [1.165, 1.54) is 12.1 Å². The van der Waals surface area contributed by atoms with Gasteiger partial charge in [0, 0.05) is 31.3 Å². The molecule has 3 N–H and O–H groups in total. The molecule has 0 saturated heterocycles. The largest absolute Gasteiger partial charge is 0.355 e. The molecule has 0 fully saturated rings. The number of nitrogens with zero attached hydrogens (tertiary/aromatic N) is 2. The van der Waals surface area contributed by atoms with Gasteiger partial charge in [-0.05, 0) is 31.2 Å². The van der Waals surface area contributed by atoms with Crippen LogP contribution in [0.4, 0.5) is 5.69 Å². The molecule has 0 spiro atoms. The van der Waals surface area contributed by atoms with Crippen LogP contribution >= 0.6 is 24.0 Å². The number of nitro benzene ring substituents is 1. The van der Waals surface area contributed by atoms with Gasteiger partial charge in [0.25, 0.3) is 5.69 Å². The van der Waals surface area contributed by atoms with Crippen LogP contribution in [0.1, 0.15) is 39.2 Å². The third-order valence-corrected chi connectivity index (χ3v) is 4.64. The molecular weight excluding hydrogens is 509 g/mol. The van der Waals surface area contributed by atoms with Gasteiger partial charge in [0.1, 0.15) is 0 Å². The quantitative estimate of drug-likeness (QED) is 0.0988. The molecular formula is C18H32IN5O4S. The van der Waals surface area contributed by atoms with Gasteiger partial charge < -0.3 is 10.6 Å². The Morgan fingerprint density at radius 2 is 1.76 bits per heavy atom. The maximum Gasteiger partial charge on any atom is 0.269 e. The van der Waals surface area contributed by atoms with E-state index in [1.54, 1.807) is 12.1 Å². The number of hydrogen-bond donors (Lipinski definition) is 3. The summed E-state index contributed by atoms with van der Waals surface area (Å²) in [5.74, 6) is 1.18. The normalized spacial score (nSPS) is 12.9. The number of rotatable bonds is 11. The average molecular weight is 541 g/mol. The Bertz CT molecular complexity index is 754. The molecule has 0 bridgehead atoms. The van der Waals surface area contributed by atoms with Gasteiger partial charge in [-0.15, -0.1) is 24.0 Å². The topological polar surface area (TPSA) is 126 Å². The van der Waals surface area contributed by atoms with Crippen molar-refractivity contribution in [3.05, 3.63) is 39.9 Å². The Morgan fingerprint density at radius 1 is 1.14 bits per heavy atom. The molecule has 0 aromatic heterocycles. The molecule has 29 heavy (non-hydrogen) atoms. The molecule has 0 aliphatic carbocycles. The number of nitro groups is 1. The Kier molecular flexibility index (Phi) is 13.0. The van der Waals surface area contributed by atoms with Crippen LogP contribution in [0.2, 0.25) is 0 Å². The van der Waals surface area contributed by atoms with Crippen molar-refractivity contribution in [2.45, 2.75) is 46.2 Å². The lowest BCUT2D eigenvalue weighted by Gasteiger charge is -2.19. The van der Waals surface area contributed by atoms with E-state index in [0.717, 1.165) is 24.7 Å². The molecule has 166 valence electrons. The number of halogens is 1. The zero-order chi connectivity index (χ0) is 21.2. The van der Waals surface area contributed by atoms with Gasteiger partial charge in [0.2, 0.25) is 10.0 Å². The van der Waals surface area contributed by atoms with E-state index in [9.17, 15) is 18.5 Å². The van der Waals surface area contributed by atoms with E-state index in [4.69, 9.17) is 0 Å². The van der Waals surface area contributed by atoms with Crippen LogP contribution in [-0.2, 0) is 16.6 Å². The predicted octanol–water partition coefficient (Wildman–Crippen LogP) is 2.62. The summed E-state index contributed by atoms with van der Waals surface area (Å²) < 4.78 is 24.7. The first-order chi connectivity index (χ1) is 13.1. The molecule has 0 amide bonds. The minimum atomic E-state index is -3.23. The SMILES string of the molecule is CC(C)CCC(C)NC(=NCc1ccc([N+](=O)[O-])cc1)NCCNS(C)(=O)=O.I. The Morgan fingerprint density at radius 3 is 2.28 bits per heavy atom. The molecule has 0 aliphatic rings. The van der Waals surface area contributed by atoms with E-state index in [0.29, 0.717) is 25.0 Å². The molecule has 1 rings (SSSR count). The van der Waals surface area contributed by atoms with Crippen molar-refractivity contribution in [1.29, 1.82) is 0 Å². The Hall–Kier alpha value is -1.47.